The summed E-state index contributed by atoms with van der Waals surface area (Å²) in [7, 11) is 0. The van der Waals surface area contributed by atoms with E-state index in [0.717, 1.165) is 45.4 Å². The normalized spacial score (nSPS) is 25.9. The van der Waals surface area contributed by atoms with Gasteiger partial charge in [-0.2, -0.15) is 0 Å². The van der Waals surface area contributed by atoms with Crippen LogP contribution in [-0.4, -0.2) is 47.3 Å². The van der Waals surface area contributed by atoms with Gasteiger partial charge in [-0.25, -0.2) is 0 Å². The van der Waals surface area contributed by atoms with E-state index < -0.39 is 5.60 Å². The molecule has 0 radical (unpaired) electrons. The molecule has 1 atom stereocenters. The van der Waals surface area contributed by atoms with Gasteiger partial charge in [0.25, 0.3) is 0 Å². The zero-order chi connectivity index (χ0) is 16.1. The van der Waals surface area contributed by atoms with Crippen molar-refractivity contribution in [3.8, 4) is 0 Å². The molecule has 0 aromatic rings. The third-order valence-electron chi connectivity index (χ3n) is 5.21. The van der Waals surface area contributed by atoms with Gasteiger partial charge in [0.05, 0.1) is 5.60 Å². The largest absolute Gasteiger partial charge is 0.390 e. The first kappa shape index (κ1) is 18.9. The van der Waals surface area contributed by atoms with E-state index in [2.05, 4.69) is 44.8 Å². The van der Waals surface area contributed by atoms with Crippen molar-refractivity contribution >= 4 is 0 Å². The van der Waals surface area contributed by atoms with Gasteiger partial charge in [0.2, 0.25) is 0 Å². The smallest absolute Gasteiger partial charge is 0.0632 e. The second-order valence-electron chi connectivity index (χ2n) is 8.44. The molecule has 1 aliphatic heterocycles. The summed E-state index contributed by atoms with van der Waals surface area (Å²) in [5, 5.41) is 14.0. The van der Waals surface area contributed by atoms with Gasteiger partial charge in [0.1, 0.15) is 0 Å². The van der Waals surface area contributed by atoms with E-state index in [1.54, 1.807) is 0 Å². The highest BCUT2D eigenvalue weighted by Crippen LogP contribution is 2.30. The first-order valence-electron chi connectivity index (χ1n) is 8.81. The third-order valence-corrected chi connectivity index (χ3v) is 5.21. The van der Waals surface area contributed by atoms with E-state index >= 15 is 0 Å². The first-order chi connectivity index (χ1) is 9.61. The fourth-order valence-corrected chi connectivity index (χ4v) is 3.18. The maximum absolute atomic E-state index is 10.3. The van der Waals surface area contributed by atoms with Crippen molar-refractivity contribution in [1.82, 2.24) is 10.2 Å². The first-order valence-corrected chi connectivity index (χ1v) is 8.81. The lowest BCUT2D eigenvalue weighted by Gasteiger charge is -2.39. The SMILES string of the molecule is CCC(CC)(CNC(C)(C)C)CN1CCCC(C)(O)CC1. The summed E-state index contributed by atoms with van der Waals surface area (Å²) in [4.78, 5) is 2.58. The standard InChI is InChI=1S/C18H38N2O/c1-7-18(8-2,14-19-16(3,4)5)15-20-12-9-10-17(6,21)11-13-20/h19,21H,7-15H2,1-6H3. The fraction of sp³-hybridized carbons (Fsp3) is 1.00. The lowest BCUT2D eigenvalue weighted by molar-refractivity contribution is 0.0421. The molecule has 1 aliphatic rings. The van der Waals surface area contributed by atoms with Gasteiger partial charge in [0.15, 0.2) is 0 Å². The molecule has 1 saturated heterocycles. The van der Waals surface area contributed by atoms with Crippen LogP contribution in [-0.2, 0) is 0 Å². The van der Waals surface area contributed by atoms with Crippen LogP contribution < -0.4 is 5.32 Å². The summed E-state index contributed by atoms with van der Waals surface area (Å²) in [6, 6.07) is 0. The molecule has 1 fully saturated rings. The minimum Gasteiger partial charge on any atom is -0.390 e. The Balaban J connectivity index is 2.64. The van der Waals surface area contributed by atoms with Gasteiger partial charge in [-0.05, 0) is 71.8 Å². The molecule has 1 unspecified atom stereocenters. The van der Waals surface area contributed by atoms with Gasteiger partial charge in [-0.1, -0.05) is 13.8 Å². The minimum absolute atomic E-state index is 0.179. The average molecular weight is 299 g/mol. The lowest BCUT2D eigenvalue weighted by atomic mass is 9.81. The van der Waals surface area contributed by atoms with Crippen molar-refractivity contribution in [2.24, 2.45) is 5.41 Å². The molecular weight excluding hydrogens is 260 g/mol. The molecule has 3 heteroatoms. The van der Waals surface area contributed by atoms with Crippen LogP contribution in [0.5, 0.6) is 0 Å². The van der Waals surface area contributed by atoms with Gasteiger partial charge in [-0.15, -0.1) is 0 Å². The predicted octanol–water partition coefficient (Wildman–Crippen LogP) is 3.42. The Kier molecular flexibility index (Phi) is 6.70. The van der Waals surface area contributed by atoms with Crippen LogP contribution in [0, 0.1) is 5.41 Å². The van der Waals surface area contributed by atoms with Crippen molar-refractivity contribution < 1.29 is 5.11 Å². The molecule has 0 saturated carbocycles. The Morgan fingerprint density at radius 3 is 2.24 bits per heavy atom. The van der Waals surface area contributed by atoms with Crippen LogP contribution in [0.3, 0.4) is 0 Å². The van der Waals surface area contributed by atoms with Crippen molar-refractivity contribution in [1.29, 1.82) is 0 Å². The number of nitrogens with one attached hydrogen (secondary N) is 1. The fourth-order valence-electron chi connectivity index (χ4n) is 3.18. The molecule has 0 aromatic heterocycles. The molecule has 0 spiro atoms. The van der Waals surface area contributed by atoms with Crippen molar-refractivity contribution in [2.75, 3.05) is 26.2 Å². The van der Waals surface area contributed by atoms with Crippen LogP contribution in [0.1, 0.15) is 73.6 Å². The summed E-state index contributed by atoms with van der Waals surface area (Å²) in [5.74, 6) is 0. The number of hydrogen-bond acceptors (Lipinski definition) is 3. The molecule has 1 rings (SSSR count). The van der Waals surface area contributed by atoms with Gasteiger partial charge >= 0.3 is 0 Å². The third kappa shape index (κ3) is 6.66. The summed E-state index contributed by atoms with van der Waals surface area (Å²) >= 11 is 0. The van der Waals surface area contributed by atoms with E-state index in [1.165, 1.54) is 12.8 Å². The van der Waals surface area contributed by atoms with E-state index in [9.17, 15) is 5.11 Å². The van der Waals surface area contributed by atoms with Crippen LogP contribution in [0.25, 0.3) is 0 Å². The Morgan fingerprint density at radius 1 is 1.10 bits per heavy atom. The van der Waals surface area contributed by atoms with Crippen molar-refractivity contribution in [3.05, 3.63) is 0 Å². The van der Waals surface area contributed by atoms with E-state index in [-0.39, 0.29) is 5.54 Å². The molecule has 3 nitrogen and oxygen atoms in total. The average Bonchev–Trinajstić information content (AvgIpc) is 2.55. The minimum atomic E-state index is -0.459. The summed E-state index contributed by atoms with van der Waals surface area (Å²) in [5.41, 5.74) is 0.0705. The van der Waals surface area contributed by atoms with Gasteiger partial charge in [0, 0.05) is 25.2 Å². The van der Waals surface area contributed by atoms with Crippen molar-refractivity contribution in [3.63, 3.8) is 0 Å². The lowest BCUT2D eigenvalue weighted by Crippen LogP contribution is -2.48. The monoisotopic (exact) mass is 298 g/mol. The zero-order valence-electron chi connectivity index (χ0n) is 15.3. The Morgan fingerprint density at radius 2 is 1.71 bits per heavy atom. The van der Waals surface area contributed by atoms with Gasteiger partial charge in [-0.3, -0.25) is 0 Å². The maximum atomic E-state index is 10.3. The van der Waals surface area contributed by atoms with Crippen molar-refractivity contribution in [2.45, 2.75) is 84.8 Å². The Labute approximate surface area is 132 Å². The second kappa shape index (κ2) is 7.43. The second-order valence-corrected chi connectivity index (χ2v) is 8.44. The number of rotatable bonds is 6. The van der Waals surface area contributed by atoms with E-state index in [4.69, 9.17) is 0 Å². The quantitative estimate of drug-likeness (QED) is 0.789. The summed E-state index contributed by atoms with van der Waals surface area (Å²) in [6.45, 7) is 17.8. The number of hydrogen-bond donors (Lipinski definition) is 2. The molecule has 0 bridgehead atoms. The molecule has 0 aromatic carbocycles. The molecular formula is C18H38N2O. The summed E-state index contributed by atoms with van der Waals surface area (Å²) < 4.78 is 0. The molecule has 2 N–H and O–H groups in total. The topological polar surface area (TPSA) is 35.5 Å². The van der Waals surface area contributed by atoms with Crippen LogP contribution >= 0.6 is 0 Å². The van der Waals surface area contributed by atoms with Crippen LogP contribution in [0.4, 0.5) is 0 Å². The molecule has 126 valence electrons. The number of nitrogens with zero attached hydrogens (tertiary/aromatic N) is 1. The van der Waals surface area contributed by atoms with Crippen LogP contribution in [0.15, 0.2) is 0 Å². The number of likely N-dealkylation sites (tertiary alicyclic amines) is 1. The maximum Gasteiger partial charge on any atom is 0.0632 e. The highest BCUT2D eigenvalue weighted by Gasteiger charge is 2.32. The van der Waals surface area contributed by atoms with E-state index in [0.29, 0.717) is 5.41 Å². The molecule has 1 heterocycles. The zero-order valence-corrected chi connectivity index (χ0v) is 15.3. The van der Waals surface area contributed by atoms with Crippen LogP contribution in [0.2, 0.25) is 0 Å². The summed E-state index contributed by atoms with van der Waals surface area (Å²) in [6.07, 6.45) is 5.38. The highest BCUT2D eigenvalue weighted by molar-refractivity contribution is 4.88. The molecule has 0 amide bonds. The Hall–Kier alpha value is -0.120. The predicted molar refractivity (Wildman–Crippen MR) is 91.7 cm³/mol. The van der Waals surface area contributed by atoms with Gasteiger partial charge < -0.3 is 15.3 Å². The molecule has 21 heavy (non-hydrogen) atoms. The molecule has 0 aliphatic carbocycles. The number of aliphatic hydroxyl groups is 1. The van der Waals surface area contributed by atoms with E-state index in [1.807, 2.05) is 6.92 Å². The highest BCUT2D eigenvalue weighted by atomic mass is 16.3. The Bertz CT molecular complexity index is 303.